The van der Waals surface area contributed by atoms with Gasteiger partial charge >= 0.3 is 0 Å². The fourth-order valence-electron chi connectivity index (χ4n) is 9.73. The zero-order valence-corrected chi connectivity index (χ0v) is 35.1. The fraction of sp³-hybridized carbons (Fsp3) is 0.400. The maximum atomic E-state index is 14.8. The zero-order chi connectivity index (χ0) is 43.1. The lowest BCUT2D eigenvalue weighted by molar-refractivity contribution is -0.252. The minimum Gasteiger partial charge on any atom is -0.489 e. The molecule has 0 bridgehead atoms. The summed E-state index contributed by atoms with van der Waals surface area (Å²) in [6, 6.07) is 26.5. The van der Waals surface area contributed by atoms with Crippen LogP contribution in [0.2, 0.25) is 0 Å². The SMILES string of the molecule is C=CCO[C@@]12Oc3ccc(OCc4ccccc4F)cc3[C@H]3[C@H](CCCCO)[C@@H](CCCCO)C=C(C(=NOCc4ccccc4)C[C@@H]1N(C)C(=O)c1ccc4c(c1)OCO4)[C@H]32. The number of aliphatic hydroxyl groups is 2. The Morgan fingerprint density at radius 1 is 0.919 bits per heavy atom. The Morgan fingerprint density at radius 3 is 2.47 bits per heavy atom. The van der Waals surface area contributed by atoms with E-state index in [0.29, 0.717) is 52.7 Å². The second kappa shape index (κ2) is 19.6. The minimum absolute atomic E-state index is 0.0188. The summed E-state index contributed by atoms with van der Waals surface area (Å²) in [4.78, 5) is 22.6. The third kappa shape index (κ3) is 8.82. The Labute approximate surface area is 362 Å². The van der Waals surface area contributed by atoms with Crippen molar-refractivity contribution in [2.24, 2.45) is 22.9 Å². The predicted octanol–water partition coefficient (Wildman–Crippen LogP) is 8.74. The largest absolute Gasteiger partial charge is 0.489 e. The third-order valence-corrected chi connectivity index (χ3v) is 12.7. The van der Waals surface area contributed by atoms with Gasteiger partial charge in [-0.25, -0.2) is 4.39 Å². The molecule has 1 amide bonds. The number of ether oxygens (including phenoxy) is 5. The lowest BCUT2D eigenvalue weighted by Crippen LogP contribution is -2.69. The van der Waals surface area contributed by atoms with E-state index in [1.165, 1.54) is 6.07 Å². The van der Waals surface area contributed by atoms with Crippen LogP contribution in [0, 0.1) is 23.6 Å². The van der Waals surface area contributed by atoms with Gasteiger partial charge in [0.25, 0.3) is 5.91 Å². The number of carbonyl (C=O) groups excluding carboxylic acids is 1. The number of oxime groups is 1. The van der Waals surface area contributed by atoms with Gasteiger partial charge in [-0.1, -0.05) is 78.7 Å². The summed E-state index contributed by atoms with van der Waals surface area (Å²) in [5, 5.41) is 24.8. The van der Waals surface area contributed by atoms with Crippen LogP contribution in [0.3, 0.4) is 0 Å². The molecular weight excluding hydrogens is 792 g/mol. The van der Waals surface area contributed by atoms with Crippen molar-refractivity contribution in [3.8, 4) is 23.0 Å². The van der Waals surface area contributed by atoms with E-state index in [-0.39, 0.29) is 75.7 Å². The molecule has 1 fully saturated rings. The molecule has 0 unspecified atom stereocenters. The summed E-state index contributed by atoms with van der Waals surface area (Å²) in [5.41, 5.74) is 4.32. The van der Waals surface area contributed by atoms with Gasteiger partial charge in [-0.05, 0) is 91.1 Å². The maximum Gasteiger partial charge on any atom is 0.254 e. The van der Waals surface area contributed by atoms with Crippen LogP contribution in [0.15, 0.2) is 120 Å². The number of allylic oxidation sites excluding steroid dienone is 1. The van der Waals surface area contributed by atoms with Gasteiger partial charge in [-0.3, -0.25) is 4.79 Å². The van der Waals surface area contributed by atoms with Gasteiger partial charge in [0, 0.05) is 49.3 Å². The van der Waals surface area contributed by atoms with Crippen LogP contribution in [0.4, 0.5) is 4.39 Å². The molecule has 2 N–H and O–H groups in total. The molecule has 6 atom stereocenters. The summed E-state index contributed by atoms with van der Waals surface area (Å²) in [5.74, 6) is -0.532. The Hall–Kier alpha value is -5.69. The molecule has 1 saturated carbocycles. The van der Waals surface area contributed by atoms with Gasteiger partial charge in [-0.15, -0.1) is 6.58 Å². The normalized spacial score (nSPS) is 23.7. The monoisotopic (exact) mass is 846 g/mol. The lowest BCUT2D eigenvalue weighted by Gasteiger charge is -2.59. The number of halogens is 1. The van der Waals surface area contributed by atoms with Crippen LogP contribution in [-0.4, -0.2) is 72.2 Å². The number of amides is 1. The molecule has 0 aromatic heterocycles. The number of aliphatic hydroxyl groups excluding tert-OH is 2. The number of rotatable bonds is 19. The first-order valence-electron chi connectivity index (χ1n) is 21.6. The number of unbranched alkanes of at least 4 members (excludes halogenated alkanes) is 2. The molecule has 12 heteroatoms. The van der Waals surface area contributed by atoms with E-state index in [4.69, 9.17) is 33.7 Å². The molecule has 4 aliphatic rings. The number of carbonyl (C=O) groups is 1. The van der Waals surface area contributed by atoms with Crippen LogP contribution in [0.1, 0.15) is 77.9 Å². The number of likely N-dealkylation sites (N-methyl/N-ethyl adjacent to an activating group) is 1. The Kier molecular flexibility index (Phi) is 13.6. The van der Waals surface area contributed by atoms with Gasteiger partial charge in [0.1, 0.15) is 36.6 Å². The van der Waals surface area contributed by atoms with Crippen molar-refractivity contribution in [3.05, 3.63) is 143 Å². The van der Waals surface area contributed by atoms with Gasteiger partial charge in [-0.2, -0.15) is 0 Å². The first kappa shape index (κ1) is 43.0. The van der Waals surface area contributed by atoms with Gasteiger partial charge in [0.2, 0.25) is 12.6 Å². The molecule has 2 heterocycles. The van der Waals surface area contributed by atoms with Crippen molar-refractivity contribution in [2.45, 2.75) is 75.9 Å². The lowest BCUT2D eigenvalue weighted by atomic mass is 9.55. The van der Waals surface area contributed by atoms with E-state index in [0.717, 1.165) is 42.4 Å². The molecule has 4 aromatic rings. The number of hydrogen-bond acceptors (Lipinski definition) is 10. The number of nitrogens with zero attached hydrogens (tertiary/aromatic N) is 2. The van der Waals surface area contributed by atoms with Crippen LogP contribution in [0.5, 0.6) is 23.0 Å². The molecule has 326 valence electrons. The van der Waals surface area contributed by atoms with E-state index >= 15 is 0 Å². The molecule has 0 radical (unpaired) electrons. The minimum atomic E-state index is -1.43. The molecule has 0 saturated heterocycles. The first-order valence-corrected chi connectivity index (χ1v) is 21.6. The van der Waals surface area contributed by atoms with Crippen LogP contribution >= 0.6 is 0 Å². The molecule has 8 rings (SSSR count). The molecule has 11 nitrogen and oxygen atoms in total. The van der Waals surface area contributed by atoms with Crippen LogP contribution in [0.25, 0.3) is 0 Å². The number of benzene rings is 4. The fourth-order valence-corrected chi connectivity index (χ4v) is 9.73. The highest BCUT2D eigenvalue weighted by Crippen LogP contribution is 2.62. The number of hydrogen-bond donors (Lipinski definition) is 2. The average Bonchev–Trinajstić information content (AvgIpc) is 3.78. The molecule has 0 spiro atoms. The quantitative estimate of drug-likeness (QED) is 0.0541. The molecule has 62 heavy (non-hydrogen) atoms. The van der Waals surface area contributed by atoms with Crippen molar-refractivity contribution in [2.75, 3.05) is 33.7 Å². The summed E-state index contributed by atoms with van der Waals surface area (Å²) in [7, 11) is 1.76. The van der Waals surface area contributed by atoms with E-state index in [9.17, 15) is 19.4 Å². The topological polar surface area (TPSA) is 129 Å². The summed E-state index contributed by atoms with van der Waals surface area (Å²) in [6.45, 7) is 4.66. The van der Waals surface area contributed by atoms with Crippen LogP contribution in [-0.2, 0) is 22.8 Å². The molecule has 2 aliphatic heterocycles. The highest BCUT2D eigenvalue weighted by Gasteiger charge is 2.65. The average molecular weight is 847 g/mol. The standard InChI is InChI=1S/C50H55FN2O9/c1-3-25-60-50-46(53(2)49(56)35-19-21-44-45(27-35)59-32-58-44)29-42(52-61-30-33-13-5-4-6-14-33)39-26-34(15-9-11-23-54)38(17-10-12-24-55)47(48(39)50)40-28-37(20-22-43(40)62-50)57-31-36-16-7-8-18-41(36)51/h3-8,13-14,16,18-22,26-28,34,38,46-48,54-55H,1,9-12,15,17,23-25,29-32H2,2H3/t34-,38+,46-,47+,48+,50+/m0/s1. The maximum absolute atomic E-state index is 14.8. The van der Waals surface area contributed by atoms with E-state index in [2.05, 4.69) is 12.7 Å². The molecule has 2 aliphatic carbocycles. The molecule has 4 aromatic carbocycles. The smallest absolute Gasteiger partial charge is 0.254 e. The van der Waals surface area contributed by atoms with Crippen molar-refractivity contribution in [1.82, 2.24) is 4.90 Å². The Morgan fingerprint density at radius 2 is 1.68 bits per heavy atom. The Bertz CT molecular complexity index is 2270. The van der Waals surface area contributed by atoms with E-state index in [1.54, 1.807) is 54.4 Å². The zero-order valence-electron chi connectivity index (χ0n) is 35.1. The summed E-state index contributed by atoms with van der Waals surface area (Å²) >= 11 is 0. The van der Waals surface area contributed by atoms with Crippen molar-refractivity contribution < 1.29 is 47.9 Å². The van der Waals surface area contributed by atoms with Crippen LogP contribution < -0.4 is 18.9 Å². The van der Waals surface area contributed by atoms with Crippen molar-refractivity contribution >= 4 is 11.6 Å². The van der Waals surface area contributed by atoms with Gasteiger partial charge in [0.15, 0.2) is 11.5 Å². The predicted molar refractivity (Wildman–Crippen MR) is 232 cm³/mol. The van der Waals surface area contributed by atoms with E-state index in [1.807, 2.05) is 48.5 Å². The summed E-state index contributed by atoms with van der Waals surface area (Å²) in [6.07, 6.45) is 8.70. The number of fused-ring (bicyclic) bond motifs is 3. The van der Waals surface area contributed by atoms with Crippen molar-refractivity contribution in [3.63, 3.8) is 0 Å². The second-order valence-electron chi connectivity index (χ2n) is 16.4. The van der Waals surface area contributed by atoms with Gasteiger partial charge < -0.3 is 43.6 Å². The van der Waals surface area contributed by atoms with E-state index < -0.39 is 17.7 Å². The van der Waals surface area contributed by atoms with Crippen molar-refractivity contribution in [1.29, 1.82) is 0 Å². The summed E-state index contributed by atoms with van der Waals surface area (Å²) < 4.78 is 46.6. The first-order chi connectivity index (χ1) is 30.3. The second-order valence-corrected chi connectivity index (χ2v) is 16.4. The highest BCUT2D eigenvalue weighted by atomic mass is 19.1. The molecular formula is C50H55FN2O9. The highest BCUT2D eigenvalue weighted by molar-refractivity contribution is 6.03. The third-order valence-electron chi connectivity index (χ3n) is 12.7. The van der Waals surface area contributed by atoms with Gasteiger partial charge in [0.05, 0.1) is 18.2 Å². The Balaban J connectivity index is 1.28.